The molecular formula is C20H18ClN3O5. The smallest absolute Gasteiger partial charge is 0.328 e. The summed E-state index contributed by atoms with van der Waals surface area (Å²) in [5.74, 6) is 0.375. The van der Waals surface area contributed by atoms with Gasteiger partial charge in [0.2, 0.25) is 5.88 Å². The molecule has 0 spiro atoms. The van der Waals surface area contributed by atoms with Gasteiger partial charge in [-0.2, -0.15) is 0 Å². The maximum Gasteiger partial charge on any atom is 0.328 e. The number of halogens is 1. The fraction of sp³-hybridized carbons (Fsp3) is 0.200. The number of fused-ring (bicyclic) bond motifs is 1. The van der Waals surface area contributed by atoms with Gasteiger partial charge in [-0.25, -0.2) is 14.8 Å². The molecule has 0 aliphatic rings. The predicted octanol–water partition coefficient (Wildman–Crippen LogP) is 3.13. The number of hydrogen-bond donors (Lipinski definition) is 1. The third-order valence-corrected chi connectivity index (χ3v) is 4.07. The van der Waals surface area contributed by atoms with Crippen molar-refractivity contribution in [1.29, 1.82) is 0 Å². The number of esters is 1. The molecule has 150 valence electrons. The van der Waals surface area contributed by atoms with E-state index in [0.29, 0.717) is 33.4 Å². The lowest BCUT2D eigenvalue weighted by Crippen LogP contribution is -2.41. The number of carbonyl (C=O) groups excluding carboxylic acids is 2. The summed E-state index contributed by atoms with van der Waals surface area (Å²) in [6.45, 7) is 1.29. The maximum absolute atomic E-state index is 11.8. The molecular weight excluding hydrogens is 398 g/mol. The largest absolute Gasteiger partial charge is 0.484 e. The summed E-state index contributed by atoms with van der Waals surface area (Å²) in [5.41, 5.74) is 1.34. The Labute approximate surface area is 171 Å². The maximum atomic E-state index is 11.8. The van der Waals surface area contributed by atoms with E-state index in [-0.39, 0.29) is 6.61 Å². The number of hydrogen-bond acceptors (Lipinski definition) is 7. The van der Waals surface area contributed by atoms with E-state index in [0.717, 1.165) is 0 Å². The number of amides is 1. The van der Waals surface area contributed by atoms with Crippen LogP contribution in [0.2, 0.25) is 5.02 Å². The third-order valence-electron chi connectivity index (χ3n) is 3.83. The van der Waals surface area contributed by atoms with Crippen LogP contribution < -0.4 is 14.8 Å². The van der Waals surface area contributed by atoms with Gasteiger partial charge in [0.25, 0.3) is 5.91 Å². The van der Waals surface area contributed by atoms with Gasteiger partial charge in [-0.05, 0) is 49.4 Å². The van der Waals surface area contributed by atoms with E-state index in [4.69, 9.17) is 21.1 Å². The molecule has 0 fully saturated rings. The molecule has 0 saturated carbocycles. The van der Waals surface area contributed by atoms with Crippen LogP contribution in [0, 0.1) is 0 Å². The van der Waals surface area contributed by atoms with E-state index >= 15 is 0 Å². The molecule has 0 unspecified atom stereocenters. The quantitative estimate of drug-likeness (QED) is 0.591. The molecule has 29 heavy (non-hydrogen) atoms. The van der Waals surface area contributed by atoms with Crippen LogP contribution in [0.25, 0.3) is 11.0 Å². The van der Waals surface area contributed by atoms with Gasteiger partial charge in [-0.15, -0.1) is 0 Å². The van der Waals surface area contributed by atoms with Crippen LogP contribution in [-0.4, -0.2) is 41.6 Å². The van der Waals surface area contributed by atoms with E-state index in [1.54, 1.807) is 42.5 Å². The second-order valence-electron chi connectivity index (χ2n) is 6.02. The first kappa shape index (κ1) is 20.3. The van der Waals surface area contributed by atoms with Gasteiger partial charge in [-0.1, -0.05) is 11.6 Å². The van der Waals surface area contributed by atoms with Crippen molar-refractivity contribution < 1.29 is 23.8 Å². The summed E-state index contributed by atoms with van der Waals surface area (Å²) in [7, 11) is 1.25. The topological polar surface area (TPSA) is 99.6 Å². The van der Waals surface area contributed by atoms with Crippen molar-refractivity contribution in [3.63, 3.8) is 0 Å². The molecule has 0 saturated heterocycles. The van der Waals surface area contributed by atoms with Gasteiger partial charge in [0, 0.05) is 5.02 Å². The van der Waals surface area contributed by atoms with Crippen LogP contribution in [0.15, 0.2) is 48.7 Å². The predicted molar refractivity (Wildman–Crippen MR) is 106 cm³/mol. The van der Waals surface area contributed by atoms with Crippen molar-refractivity contribution in [2.24, 2.45) is 0 Å². The summed E-state index contributed by atoms with van der Waals surface area (Å²) < 4.78 is 15.6. The van der Waals surface area contributed by atoms with Gasteiger partial charge in [0.1, 0.15) is 17.5 Å². The van der Waals surface area contributed by atoms with Crippen molar-refractivity contribution in [1.82, 2.24) is 15.3 Å². The molecule has 0 aliphatic heterocycles. The summed E-state index contributed by atoms with van der Waals surface area (Å²) in [6.07, 6.45) is 1.51. The summed E-state index contributed by atoms with van der Waals surface area (Å²) in [4.78, 5) is 31.7. The van der Waals surface area contributed by atoms with Gasteiger partial charge < -0.3 is 19.5 Å². The van der Waals surface area contributed by atoms with E-state index < -0.39 is 17.9 Å². The monoisotopic (exact) mass is 415 g/mol. The fourth-order valence-electron chi connectivity index (χ4n) is 2.41. The highest BCUT2D eigenvalue weighted by Gasteiger charge is 2.15. The Morgan fingerprint density at radius 1 is 1.10 bits per heavy atom. The van der Waals surface area contributed by atoms with E-state index in [1.165, 1.54) is 20.2 Å². The standard InChI is InChI=1S/C20H18ClN3O5/c1-12(20(26)27-2)23-18(25)11-28-14-4-6-15(7-5-14)29-19-10-22-17-9-13(21)3-8-16(17)24-19/h3-10,12H,11H2,1-2H3,(H,23,25)/t12-/m0/s1. The number of carbonyl (C=O) groups is 2. The highest BCUT2D eigenvalue weighted by Crippen LogP contribution is 2.24. The first-order chi connectivity index (χ1) is 13.9. The molecule has 0 bridgehead atoms. The Morgan fingerprint density at radius 2 is 1.83 bits per heavy atom. The first-order valence-corrected chi connectivity index (χ1v) is 9.02. The van der Waals surface area contributed by atoms with Gasteiger partial charge in [0.05, 0.1) is 24.3 Å². The van der Waals surface area contributed by atoms with E-state index in [1.807, 2.05) is 0 Å². The third kappa shape index (κ3) is 5.55. The van der Waals surface area contributed by atoms with Crippen LogP contribution in [-0.2, 0) is 14.3 Å². The van der Waals surface area contributed by atoms with Crippen molar-refractivity contribution in [3.05, 3.63) is 53.7 Å². The lowest BCUT2D eigenvalue weighted by molar-refractivity contribution is -0.144. The average molecular weight is 416 g/mol. The molecule has 9 heteroatoms. The van der Waals surface area contributed by atoms with Gasteiger partial charge >= 0.3 is 5.97 Å². The Kier molecular flexibility index (Phi) is 6.46. The molecule has 0 radical (unpaired) electrons. The Bertz CT molecular complexity index is 1030. The zero-order valence-corrected chi connectivity index (χ0v) is 16.5. The molecule has 3 aromatic rings. The summed E-state index contributed by atoms with van der Waals surface area (Å²) in [6, 6.07) is 11.1. The minimum Gasteiger partial charge on any atom is -0.484 e. The van der Waals surface area contributed by atoms with Crippen molar-refractivity contribution >= 4 is 34.5 Å². The number of ether oxygens (including phenoxy) is 3. The highest BCUT2D eigenvalue weighted by atomic mass is 35.5. The lowest BCUT2D eigenvalue weighted by Gasteiger charge is -2.12. The number of methoxy groups -OCH3 is 1. The molecule has 2 aromatic carbocycles. The fourth-order valence-corrected chi connectivity index (χ4v) is 2.57. The zero-order valence-electron chi connectivity index (χ0n) is 15.7. The minimum atomic E-state index is -0.744. The van der Waals surface area contributed by atoms with E-state index in [2.05, 4.69) is 20.0 Å². The van der Waals surface area contributed by atoms with E-state index in [9.17, 15) is 9.59 Å². The Balaban J connectivity index is 1.55. The first-order valence-electron chi connectivity index (χ1n) is 8.65. The van der Waals surface area contributed by atoms with Gasteiger partial charge in [0.15, 0.2) is 6.61 Å². The van der Waals surface area contributed by atoms with Crippen LogP contribution in [0.5, 0.6) is 17.4 Å². The number of benzene rings is 2. The molecule has 1 amide bonds. The van der Waals surface area contributed by atoms with Crippen LogP contribution in [0.1, 0.15) is 6.92 Å². The Hall–Kier alpha value is -3.39. The summed E-state index contributed by atoms with van der Waals surface area (Å²) >= 11 is 5.94. The second-order valence-corrected chi connectivity index (χ2v) is 6.45. The van der Waals surface area contributed by atoms with Crippen molar-refractivity contribution in [2.75, 3.05) is 13.7 Å². The van der Waals surface area contributed by atoms with Crippen LogP contribution in [0.3, 0.4) is 0 Å². The molecule has 0 aliphatic carbocycles. The lowest BCUT2D eigenvalue weighted by atomic mass is 10.3. The molecule has 1 heterocycles. The number of rotatable bonds is 7. The molecule has 8 nitrogen and oxygen atoms in total. The van der Waals surface area contributed by atoms with Crippen molar-refractivity contribution in [3.8, 4) is 17.4 Å². The van der Waals surface area contributed by atoms with Gasteiger partial charge in [-0.3, -0.25) is 4.79 Å². The highest BCUT2D eigenvalue weighted by molar-refractivity contribution is 6.31. The number of nitrogens with zero attached hydrogens (tertiary/aromatic N) is 2. The zero-order chi connectivity index (χ0) is 20.8. The van der Waals surface area contributed by atoms with Crippen LogP contribution >= 0.6 is 11.6 Å². The van der Waals surface area contributed by atoms with Crippen molar-refractivity contribution in [2.45, 2.75) is 13.0 Å². The average Bonchev–Trinajstić information content (AvgIpc) is 2.72. The molecule has 1 N–H and O–H groups in total. The second kappa shape index (κ2) is 9.20. The normalized spacial score (nSPS) is 11.6. The SMILES string of the molecule is COC(=O)[C@H](C)NC(=O)COc1ccc(Oc2cnc3cc(Cl)ccc3n2)cc1. The number of nitrogens with one attached hydrogen (secondary N) is 1. The number of aromatic nitrogens is 2. The molecule has 1 atom stereocenters. The van der Waals surface area contributed by atoms with Crippen LogP contribution in [0.4, 0.5) is 0 Å². The molecule has 1 aromatic heterocycles. The minimum absolute atomic E-state index is 0.236. The summed E-state index contributed by atoms with van der Waals surface area (Å²) in [5, 5.41) is 3.06. The Morgan fingerprint density at radius 3 is 2.55 bits per heavy atom. The molecule has 3 rings (SSSR count).